The lowest BCUT2D eigenvalue weighted by atomic mass is 10.00. The standard InChI is InChI=1S/2C36H64O7/c2*1-3-4-5-6-9-13-16-19-30(38)32-21-23-34(42-32)35-24-22-33(43-35)31(39)20-17-14-11-8-7-10-12-15-18-29(37)26-28-25-27(2)41-36(28)40/h2*25,27,29-35,37-39H,3-24,26H2,1-2H3/t27-,29+,30+,31+,32+,33+,34-,35+;27-,29+,30-,31+,32+,33+,34+,35+/m00/s1. The van der Waals surface area contributed by atoms with Crippen molar-refractivity contribution < 1.29 is 68.6 Å². The lowest BCUT2D eigenvalue weighted by molar-refractivity contribution is -0.140. The van der Waals surface area contributed by atoms with Crippen LogP contribution in [0.1, 0.15) is 323 Å². The largest absolute Gasteiger partial charge is 0.455 e. The van der Waals surface area contributed by atoms with Gasteiger partial charge in [0.2, 0.25) is 0 Å². The number of rotatable bonds is 48. The molecule has 0 amide bonds. The van der Waals surface area contributed by atoms with Crippen molar-refractivity contribution in [2.45, 2.75) is 421 Å². The monoisotopic (exact) mass is 1220 g/mol. The fourth-order valence-electron chi connectivity index (χ4n) is 14.2. The molecular formula is C72H128O14. The van der Waals surface area contributed by atoms with Gasteiger partial charge < -0.3 is 59.1 Å². The Balaban J connectivity index is 0.000000314. The van der Waals surface area contributed by atoms with Gasteiger partial charge in [-0.15, -0.1) is 0 Å². The van der Waals surface area contributed by atoms with E-state index in [1.54, 1.807) is 0 Å². The number of unbranched alkanes of at least 4 members (excludes halogenated alkanes) is 26. The maximum absolute atomic E-state index is 11.7. The predicted octanol–water partition coefficient (Wildman–Crippen LogP) is 14.9. The van der Waals surface area contributed by atoms with E-state index < -0.39 is 24.4 Å². The van der Waals surface area contributed by atoms with Gasteiger partial charge in [-0.3, -0.25) is 0 Å². The average Bonchev–Trinajstić information content (AvgIpc) is 3.17. The van der Waals surface area contributed by atoms with Crippen LogP contribution >= 0.6 is 0 Å². The first-order valence-electron chi connectivity index (χ1n) is 36.3. The molecule has 0 aromatic carbocycles. The van der Waals surface area contributed by atoms with Crippen LogP contribution < -0.4 is 0 Å². The number of carbonyl (C=O) groups excluding carboxylic acids is 2. The minimum absolute atomic E-state index is 0.0523. The Hall–Kier alpha value is -1.98. The molecule has 14 nitrogen and oxygen atoms in total. The predicted molar refractivity (Wildman–Crippen MR) is 342 cm³/mol. The third-order valence-electron chi connectivity index (χ3n) is 19.6. The Bertz CT molecular complexity index is 1700. The van der Waals surface area contributed by atoms with Crippen molar-refractivity contribution in [3.05, 3.63) is 23.3 Å². The van der Waals surface area contributed by atoms with Crippen LogP contribution in [0.2, 0.25) is 0 Å². The summed E-state index contributed by atoms with van der Waals surface area (Å²) in [7, 11) is 0. The van der Waals surface area contributed by atoms with E-state index in [9.17, 15) is 40.2 Å². The van der Waals surface area contributed by atoms with Crippen LogP contribution in [0.5, 0.6) is 0 Å². The van der Waals surface area contributed by atoms with Gasteiger partial charge in [-0.25, -0.2) is 9.59 Å². The van der Waals surface area contributed by atoms with Crippen molar-refractivity contribution in [1.82, 2.24) is 0 Å². The summed E-state index contributed by atoms with van der Waals surface area (Å²) < 4.78 is 35.3. The number of aliphatic hydroxyl groups is 6. The first kappa shape index (κ1) is 74.7. The molecule has 6 aliphatic rings. The normalized spacial score (nSPS) is 27.8. The molecule has 6 heterocycles. The molecule has 16 atom stereocenters. The second-order valence-corrected chi connectivity index (χ2v) is 27.4. The third-order valence-corrected chi connectivity index (χ3v) is 19.6. The van der Waals surface area contributed by atoms with Crippen LogP contribution in [0.15, 0.2) is 23.3 Å². The highest BCUT2D eigenvalue weighted by Crippen LogP contribution is 2.37. The molecule has 6 rings (SSSR count). The van der Waals surface area contributed by atoms with Gasteiger partial charge in [0.15, 0.2) is 0 Å². The van der Waals surface area contributed by atoms with Crippen molar-refractivity contribution in [1.29, 1.82) is 0 Å². The van der Waals surface area contributed by atoms with Crippen LogP contribution in [0.25, 0.3) is 0 Å². The molecule has 0 aromatic rings. The summed E-state index contributed by atoms with van der Waals surface area (Å²) in [6.45, 7) is 8.17. The molecule has 0 saturated carbocycles. The van der Waals surface area contributed by atoms with Crippen LogP contribution in [-0.4, -0.2) is 140 Å². The Morgan fingerprint density at radius 1 is 0.337 bits per heavy atom. The zero-order valence-corrected chi connectivity index (χ0v) is 54.9. The summed E-state index contributed by atoms with van der Waals surface area (Å²) in [4.78, 5) is 23.3. The minimum Gasteiger partial charge on any atom is -0.455 e. The Labute approximate surface area is 522 Å². The van der Waals surface area contributed by atoms with Crippen LogP contribution in [0, 0.1) is 0 Å². The van der Waals surface area contributed by atoms with Gasteiger partial charge in [-0.1, -0.05) is 206 Å². The van der Waals surface area contributed by atoms with E-state index in [2.05, 4.69) is 13.8 Å². The molecular weight excluding hydrogens is 1090 g/mol. The average molecular weight is 1220 g/mol. The second kappa shape index (κ2) is 44.5. The highest BCUT2D eigenvalue weighted by molar-refractivity contribution is 5.91. The van der Waals surface area contributed by atoms with E-state index in [1.807, 2.05) is 26.0 Å². The summed E-state index contributed by atoms with van der Waals surface area (Å²) in [5, 5.41) is 63.2. The zero-order valence-electron chi connectivity index (χ0n) is 54.9. The van der Waals surface area contributed by atoms with Gasteiger partial charge >= 0.3 is 11.9 Å². The summed E-state index contributed by atoms with van der Waals surface area (Å²) >= 11 is 0. The van der Waals surface area contributed by atoms with Gasteiger partial charge in [-0.05, 0) is 116 Å². The number of esters is 2. The lowest BCUT2D eigenvalue weighted by Crippen LogP contribution is -2.33. The van der Waals surface area contributed by atoms with E-state index in [0.717, 1.165) is 154 Å². The third kappa shape index (κ3) is 30.0. The van der Waals surface area contributed by atoms with Crippen LogP contribution in [-0.2, 0) is 38.0 Å². The fourth-order valence-corrected chi connectivity index (χ4v) is 14.2. The number of ether oxygens (including phenoxy) is 6. The molecule has 6 N–H and O–H groups in total. The highest BCUT2D eigenvalue weighted by Gasteiger charge is 2.42. The van der Waals surface area contributed by atoms with Crippen molar-refractivity contribution in [2.24, 2.45) is 0 Å². The first-order chi connectivity index (χ1) is 41.7. The molecule has 0 unspecified atom stereocenters. The van der Waals surface area contributed by atoms with Gasteiger partial charge in [0.05, 0.1) is 85.5 Å². The van der Waals surface area contributed by atoms with Crippen LogP contribution in [0.3, 0.4) is 0 Å². The van der Waals surface area contributed by atoms with E-state index in [0.29, 0.717) is 24.0 Å². The highest BCUT2D eigenvalue weighted by atomic mass is 16.6. The number of cyclic esters (lactones) is 2. The van der Waals surface area contributed by atoms with E-state index in [-0.39, 0.29) is 85.2 Å². The van der Waals surface area contributed by atoms with Crippen LogP contribution in [0.4, 0.5) is 0 Å². The zero-order chi connectivity index (χ0) is 61.7. The van der Waals surface area contributed by atoms with Gasteiger partial charge in [0.25, 0.3) is 0 Å². The Kier molecular flexibility index (Phi) is 38.7. The SMILES string of the molecule is CCCCCCCCC[C@@H](O)[C@H]1CC[C@@H]([C@H]2CC[C@H]([C@H](O)CCCCCCCCCC[C@@H](O)CC3=C[C@H](C)OC3=O)O2)O1.CCCCCCCCC[C@H](O)[C@H]1CC[C@H]([C@H]2CC[C@H]([C@H](O)CCCCCCCCCC[C@@H](O)CC3=C[C@H](C)OC3=O)O2)O1. The summed E-state index contributed by atoms with van der Waals surface area (Å²) in [6.07, 6.45) is 49.4. The van der Waals surface area contributed by atoms with Crippen molar-refractivity contribution in [2.75, 3.05) is 0 Å². The molecule has 0 aromatic heterocycles. The van der Waals surface area contributed by atoms with Gasteiger partial charge in [0.1, 0.15) is 12.2 Å². The van der Waals surface area contributed by atoms with E-state index >= 15 is 0 Å². The smallest absolute Gasteiger partial charge is 0.334 e. The van der Waals surface area contributed by atoms with Crippen molar-refractivity contribution in [3.63, 3.8) is 0 Å². The molecule has 500 valence electrons. The summed E-state index contributed by atoms with van der Waals surface area (Å²) in [6, 6.07) is 0. The number of aliphatic hydroxyl groups excluding tert-OH is 6. The molecule has 6 aliphatic heterocycles. The molecule has 0 radical (unpaired) electrons. The lowest BCUT2D eigenvalue weighted by Gasteiger charge is -2.24. The molecule has 86 heavy (non-hydrogen) atoms. The van der Waals surface area contributed by atoms with Gasteiger partial charge in [-0.2, -0.15) is 0 Å². The summed E-state index contributed by atoms with van der Waals surface area (Å²) in [5.41, 5.74) is 1.23. The minimum atomic E-state index is -0.463. The maximum atomic E-state index is 11.7. The first-order valence-corrected chi connectivity index (χ1v) is 36.3. The van der Waals surface area contributed by atoms with Crippen molar-refractivity contribution in [3.8, 4) is 0 Å². The Morgan fingerprint density at radius 2 is 0.558 bits per heavy atom. The van der Waals surface area contributed by atoms with E-state index in [4.69, 9.17) is 28.4 Å². The number of carbonyl (C=O) groups is 2. The molecule has 0 spiro atoms. The maximum Gasteiger partial charge on any atom is 0.334 e. The molecule has 14 heteroatoms. The number of hydrogen-bond donors (Lipinski definition) is 6. The quantitative estimate of drug-likeness (QED) is 0.0247. The number of hydrogen-bond acceptors (Lipinski definition) is 14. The molecule has 0 aliphatic carbocycles. The molecule has 4 saturated heterocycles. The summed E-state index contributed by atoms with van der Waals surface area (Å²) in [5.74, 6) is -0.562. The Morgan fingerprint density at radius 3 is 0.779 bits per heavy atom. The molecule has 0 bridgehead atoms. The second-order valence-electron chi connectivity index (χ2n) is 27.4. The van der Waals surface area contributed by atoms with E-state index in [1.165, 1.54) is 128 Å². The fraction of sp³-hybridized carbons (Fsp3) is 0.917. The van der Waals surface area contributed by atoms with Gasteiger partial charge in [0, 0.05) is 24.0 Å². The molecule has 4 fully saturated rings. The topological polar surface area (TPSA) is 211 Å². The van der Waals surface area contributed by atoms with Crippen molar-refractivity contribution >= 4 is 11.9 Å².